The molecule has 0 aliphatic rings. The number of benzene rings is 1. The number of rotatable bonds is 3. The van der Waals surface area contributed by atoms with Crippen LogP contribution in [0.1, 0.15) is 16.5 Å². The van der Waals surface area contributed by atoms with Gasteiger partial charge in [0.25, 0.3) is 0 Å². The lowest BCUT2D eigenvalue weighted by molar-refractivity contribution is 0.610. The molecule has 0 saturated carbocycles. The Morgan fingerprint density at radius 3 is 2.82 bits per heavy atom. The standard InChI is InChI=1S/C12H10BrClFNS/c13-12-7(2-1-3-9(12)15)10(16)6-11-8(14)4-5-17-11/h1-5,10H,6,16H2. The van der Waals surface area contributed by atoms with Crippen molar-refractivity contribution in [3.63, 3.8) is 0 Å². The van der Waals surface area contributed by atoms with Gasteiger partial charge < -0.3 is 5.73 Å². The van der Waals surface area contributed by atoms with Gasteiger partial charge in [-0.2, -0.15) is 0 Å². The maximum atomic E-state index is 13.4. The van der Waals surface area contributed by atoms with Crippen LogP contribution < -0.4 is 5.73 Å². The zero-order valence-electron chi connectivity index (χ0n) is 8.79. The Balaban J connectivity index is 2.23. The molecule has 0 spiro atoms. The van der Waals surface area contributed by atoms with E-state index in [1.165, 1.54) is 6.07 Å². The van der Waals surface area contributed by atoms with Gasteiger partial charge in [0.05, 0.1) is 9.50 Å². The van der Waals surface area contributed by atoms with Crippen LogP contribution in [0.25, 0.3) is 0 Å². The minimum atomic E-state index is -0.296. The van der Waals surface area contributed by atoms with Gasteiger partial charge in [-0.25, -0.2) is 4.39 Å². The molecule has 2 N–H and O–H groups in total. The molecule has 1 aromatic heterocycles. The third-order valence-electron chi connectivity index (χ3n) is 2.48. The Morgan fingerprint density at radius 2 is 2.18 bits per heavy atom. The lowest BCUT2D eigenvalue weighted by Gasteiger charge is -2.13. The summed E-state index contributed by atoms with van der Waals surface area (Å²) in [5.74, 6) is -0.296. The quantitative estimate of drug-likeness (QED) is 0.876. The van der Waals surface area contributed by atoms with Crippen molar-refractivity contribution < 1.29 is 4.39 Å². The first-order valence-corrected chi connectivity index (χ1v) is 7.06. The van der Waals surface area contributed by atoms with E-state index in [1.54, 1.807) is 17.4 Å². The van der Waals surface area contributed by atoms with E-state index in [9.17, 15) is 4.39 Å². The highest BCUT2D eigenvalue weighted by atomic mass is 79.9. The molecule has 1 nitrogen and oxygen atoms in total. The molecular formula is C12H10BrClFNS. The minimum absolute atomic E-state index is 0.267. The van der Waals surface area contributed by atoms with Crippen LogP contribution in [-0.4, -0.2) is 0 Å². The molecule has 0 bridgehead atoms. The number of nitrogens with two attached hydrogens (primary N) is 1. The molecule has 1 heterocycles. The highest BCUT2D eigenvalue weighted by Crippen LogP contribution is 2.30. The number of hydrogen-bond acceptors (Lipinski definition) is 2. The highest BCUT2D eigenvalue weighted by molar-refractivity contribution is 9.10. The van der Waals surface area contributed by atoms with Crippen molar-refractivity contribution in [3.8, 4) is 0 Å². The van der Waals surface area contributed by atoms with Crippen LogP contribution >= 0.6 is 38.9 Å². The fourth-order valence-corrected chi connectivity index (χ4v) is 3.32. The predicted octanol–water partition coefficient (Wildman–Crippen LogP) is 4.55. The van der Waals surface area contributed by atoms with E-state index in [1.807, 2.05) is 17.5 Å². The van der Waals surface area contributed by atoms with Crippen LogP contribution in [0, 0.1) is 5.82 Å². The molecule has 1 aromatic carbocycles. The molecule has 17 heavy (non-hydrogen) atoms. The molecule has 2 rings (SSSR count). The molecule has 2 aromatic rings. The van der Waals surface area contributed by atoms with Gasteiger partial charge in [0, 0.05) is 17.3 Å². The number of thiophene rings is 1. The van der Waals surface area contributed by atoms with Crippen molar-refractivity contribution in [2.45, 2.75) is 12.5 Å². The van der Waals surface area contributed by atoms with Gasteiger partial charge in [-0.05, 0) is 39.0 Å². The third kappa shape index (κ3) is 2.88. The van der Waals surface area contributed by atoms with Gasteiger partial charge in [-0.1, -0.05) is 23.7 Å². The van der Waals surface area contributed by atoms with Crippen LogP contribution in [0.2, 0.25) is 5.02 Å². The van der Waals surface area contributed by atoms with Crippen LogP contribution in [0.15, 0.2) is 34.1 Å². The summed E-state index contributed by atoms with van der Waals surface area (Å²) in [6, 6.07) is 6.45. The Kier molecular flexibility index (Phi) is 4.20. The maximum Gasteiger partial charge on any atom is 0.137 e. The summed E-state index contributed by atoms with van der Waals surface area (Å²) < 4.78 is 13.8. The van der Waals surface area contributed by atoms with E-state index in [4.69, 9.17) is 17.3 Å². The van der Waals surface area contributed by atoms with Gasteiger partial charge in [0.15, 0.2) is 0 Å². The second-order valence-electron chi connectivity index (χ2n) is 3.65. The lowest BCUT2D eigenvalue weighted by Crippen LogP contribution is -2.14. The minimum Gasteiger partial charge on any atom is -0.324 e. The fourth-order valence-electron chi connectivity index (χ4n) is 1.59. The first kappa shape index (κ1) is 13.0. The second-order valence-corrected chi connectivity index (χ2v) is 5.85. The average molecular weight is 335 g/mol. The molecule has 0 amide bonds. The summed E-state index contributed by atoms with van der Waals surface area (Å²) in [6.07, 6.45) is 0.610. The largest absolute Gasteiger partial charge is 0.324 e. The Morgan fingerprint density at radius 1 is 1.41 bits per heavy atom. The Hall–Kier alpha value is -0.420. The summed E-state index contributed by atoms with van der Waals surface area (Å²) in [7, 11) is 0. The van der Waals surface area contributed by atoms with Crippen LogP contribution in [0.3, 0.4) is 0 Å². The fraction of sp³-hybridized carbons (Fsp3) is 0.167. The van der Waals surface area contributed by atoms with Crippen molar-refractivity contribution in [2.75, 3.05) is 0 Å². The third-order valence-corrected chi connectivity index (χ3v) is 4.72. The number of hydrogen-bond donors (Lipinski definition) is 1. The first-order valence-electron chi connectivity index (χ1n) is 5.01. The van der Waals surface area contributed by atoms with Crippen molar-refractivity contribution in [1.82, 2.24) is 0 Å². The molecular weight excluding hydrogens is 325 g/mol. The normalized spacial score (nSPS) is 12.7. The topological polar surface area (TPSA) is 26.0 Å². The van der Waals surface area contributed by atoms with Crippen molar-refractivity contribution >= 4 is 38.9 Å². The maximum absolute atomic E-state index is 13.4. The summed E-state index contributed by atoms with van der Waals surface area (Å²) in [4.78, 5) is 1.02. The van der Waals surface area contributed by atoms with Crippen LogP contribution in [-0.2, 0) is 6.42 Å². The van der Waals surface area contributed by atoms with E-state index in [-0.39, 0.29) is 11.9 Å². The monoisotopic (exact) mass is 333 g/mol. The van der Waals surface area contributed by atoms with Crippen molar-refractivity contribution in [3.05, 3.63) is 55.4 Å². The average Bonchev–Trinajstić information content (AvgIpc) is 2.68. The zero-order valence-corrected chi connectivity index (χ0v) is 11.9. The number of halogens is 3. The van der Waals surface area contributed by atoms with Crippen molar-refractivity contribution in [2.24, 2.45) is 5.73 Å². The molecule has 0 radical (unpaired) electrons. The molecule has 1 unspecified atom stereocenters. The molecule has 0 fully saturated rings. The smallest absolute Gasteiger partial charge is 0.137 e. The van der Waals surface area contributed by atoms with Crippen molar-refractivity contribution in [1.29, 1.82) is 0 Å². The Labute approximate surface area is 117 Å². The summed E-state index contributed by atoms with van der Waals surface area (Å²) in [5.41, 5.74) is 6.83. The SMILES string of the molecule is NC(Cc1sccc1Cl)c1cccc(F)c1Br. The van der Waals surface area contributed by atoms with E-state index in [2.05, 4.69) is 15.9 Å². The first-order chi connectivity index (χ1) is 8.09. The van der Waals surface area contributed by atoms with Gasteiger partial charge in [-0.3, -0.25) is 0 Å². The second kappa shape index (κ2) is 5.48. The predicted molar refractivity (Wildman–Crippen MR) is 74.1 cm³/mol. The van der Waals surface area contributed by atoms with E-state index in [0.717, 1.165) is 15.5 Å². The Bertz CT molecular complexity index is 529. The van der Waals surface area contributed by atoms with Gasteiger partial charge in [-0.15, -0.1) is 11.3 Å². The lowest BCUT2D eigenvalue weighted by atomic mass is 10.0. The molecule has 5 heteroatoms. The molecule has 0 aliphatic carbocycles. The van der Waals surface area contributed by atoms with Crippen LogP contribution in [0.4, 0.5) is 4.39 Å². The highest BCUT2D eigenvalue weighted by Gasteiger charge is 2.15. The molecule has 0 aliphatic heterocycles. The summed E-state index contributed by atoms with van der Waals surface area (Å²) in [6.45, 7) is 0. The van der Waals surface area contributed by atoms with Gasteiger partial charge in [0.1, 0.15) is 5.82 Å². The summed E-state index contributed by atoms with van der Waals surface area (Å²) in [5, 5.41) is 2.64. The van der Waals surface area contributed by atoms with E-state index < -0.39 is 0 Å². The van der Waals surface area contributed by atoms with Crippen LogP contribution in [0.5, 0.6) is 0 Å². The van der Waals surface area contributed by atoms with Gasteiger partial charge in [0.2, 0.25) is 0 Å². The van der Waals surface area contributed by atoms with Gasteiger partial charge >= 0.3 is 0 Å². The zero-order chi connectivity index (χ0) is 12.4. The molecule has 90 valence electrons. The molecule has 0 saturated heterocycles. The summed E-state index contributed by atoms with van der Waals surface area (Å²) >= 11 is 10.8. The van der Waals surface area contributed by atoms with E-state index in [0.29, 0.717) is 10.9 Å². The molecule has 1 atom stereocenters. The van der Waals surface area contributed by atoms with E-state index >= 15 is 0 Å².